The molecule has 0 saturated heterocycles. The highest BCUT2D eigenvalue weighted by Crippen LogP contribution is 2.62. The van der Waals surface area contributed by atoms with Crippen molar-refractivity contribution >= 4 is 30.9 Å². The highest BCUT2D eigenvalue weighted by atomic mass is 28.3. The lowest BCUT2D eigenvalue weighted by molar-refractivity contribution is 0.141. The average molecular weight is 800 g/mol. The number of methoxy groups -OCH3 is 2. The first-order chi connectivity index (χ1) is 27.6. The summed E-state index contributed by atoms with van der Waals surface area (Å²) in [6.45, 7) is 10.6. The Balaban J connectivity index is 1.09. The van der Waals surface area contributed by atoms with Gasteiger partial charge < -0.3 is 24.8 Å². The Labute approximate surface area is 344 Å². The normalized spacial score (nSPS) is 26.6. The van der Waals surface area contributed by atoms with E-state index in [1.807, 2.05) is 18.3 Å². The van der Waals surface area contributed by atoms with Crippen molar-refractivity contribution in [3.05, 3.63) is 41.7 Å². The number of nitrogens with zero attached hydrogens (tertiary/aromatic N) is 3. The molecule has 10 heteroatoms. The van der Waals surface area contributed by atoms with Gasteiger partial charge in [-0.2, -0.15) is 5.10 Å². The van der Waals surface area contributed by atoms with Crippen LogP contribution in [0.2, 0.25) is 25.7 Å². The number of nitrogens with one attached hydrogen (secondary N) is 2. The zero-order valence-electron chi connectivity index (χ0n) is 36.1. The molecule has 2 heterocycles. The predicted molar refractivity (Wildman–Crippen MR) is 234 cm³/mol. The predicted octanol–water partition coefficient (Wildman–Crippen LogP) is 11.9. The van der Waals surface area contributed by atoms with Crippen molar-refractivity contribution in [2.75, 3.05) is 26.1 Å². The zero-order valence-corrected chi connectivity index (χ0v) is 37.1. The molecule has 0 radical (unpaired) electrons. The number of amides is 1. The number of fused-ring (bicyclic) bond motifs is 2. The number of benzene rings is 1. The first-order valence-electron chi connectivity index (χ1n) is 22.9. The minimum Gasteiger partial charge on any atom is -0.497 e. The van der Waals surface area contributed by atoms with E-state index < -0.39 is 8.07 Å². The molecule has 3 aromatic rings. The second-order valence-corrected chi connectivity index (χ2v) is 25.2. The largest absolute Gasteiger partial charge is 0.497 e. The van der Waals surface area contributed by atoms with Crippen molar-refractivity contribution in [3.63, 3.8) is 0 Å². The van der Waals surface area contributed by atoms with Gasteiger partial charge in [-0.25, -0.2) is 9.78 Å². The third-order valence-corrected chi connectivity index (χ3v) is 16.1. The maximum atomic E-state index is 12.9. The third kappa shape index (κ3) is 10.7. The van der Waals surface area contributed by atoms with Crippen molar-refractivity contribution in [1.29, 1.82) is 0 Å². The van der Waals surface area contributed by atoms with Crippen LogP contribution >= 0.6 is 0 Å². The first-order valence-corrected chi connectivity index (χ1v) is 26.6. The summed E-state index contributed by atoms with van der Waals surface area (Å²) in [6.07, 6.45) is 23.9. The molecule has 4 saturated carbocycles. The summed E-state index contributed by atoms with van der Waals surface area (Å²) in [5.74, 6) is 6.94. The maximum Gasteiger partial charge on any atom is 0.407 e. The number of aromatic nitrogens is 3. The van der Waals surface area contributed by atoms with Gasteiger partial charge >= 0.3 is 6.09 Å². The van der Waals surface area contributed by atoms with Crippen molar-refractivity contribution < 1.29 is 19.0 Å². The van der Waals surface area contributed by atoms with E-state index in [0.29, 0.717) is 30.9 Å². The number of pyridine rings is 1. The molecule has 4 aliphatic carbocycles. The van der Waals surface area contributed by atoms with Crippen molar-refractivity contribution in [2.45, 2.75) is 166 Å². The molecular weight excluding hydrogens is 727 g/mol. The van der Waals surface area contributed by atoms with Crippen LogP contribution < -0.4 is 20.1 Å². The molecule has 1 aromatic carbocycles. The van der Waals surface area contributed by atoms with Crippen LogP contribution in [-0.4, -0.2) is 55.8 Å². The van der Waals surface area contributed by atoms with E-state index in [0.717, 1.165) is 77.9 Å². The van der Waals surface area contributed by atoms with Gasteiger partial charge in [0.25, 0.3) is 0 Å². The van der Waals surface area contributed by atoms with Gasteiger partial charge in [0.2, 0.25) is 0 Å². The van der Waals surface area contributed by atoms with Gasteiger partial charge in [0.1, 0.15) is 17.3 Å². The lowest BCUT2D eigenvalue weighted by atomic mass is 9.78. The fraction of sp³-hybridized carbons (Fsp3) is 0.723. The Kier molecular flexibility index (Phi) is 14.1. The lowest BCUT2D eigenvalue weighted by Crippen LogP contribution is -2.39. The fourth-order valence-electron chi connectivity index (χ4n) is 10.9. The molecule has 5 atom stereocenters. The van der Waals surface area contributed by atoms with Crippen molar-refractivity contribution in [2.24, 2.45) is 29.6 Å². The summed E-state index contributed by atoms with van der Waals surface area (Å²) < 4.78 is 19.2. The van der Waals surface area contributed by atoms with Crippen LogP contribution in [0.4, 0.5) is 10.6 Å². The van der Waals surface area contributed by atoms with Gasteiger partial charge in [-0.1, -0.05) is 77.9 Å². The van der Waals surface area contributed by atoms with Gasteiger partial charge in [0, 0.05) is 44.4 Å². The molecule has 0 aliphatic heterocycles. The van der Waals surface area contributed by atoms with Crippen LogP contribution in [0.5, 0.6) is 11.5 Å². The van der Waals surface area contributed by atoms with Crippen LogP contribution in [0.15, 0.2) is 30.5 Å². The molecule has 4 fully saturated rings. The van der Waals surface area contributed by atoms with Crippen LogP contribution in [0, 0.1) is 29.6 Å². The zero-order chi connectivity index (χ0) is 39.9. The Hall–Kier alpha value is -3.27. The Morgan fingerprint density at radius 2 is 1.63 bits per heavy atom. The molecular formula is C47H73N5O4Si. The van der Waals surface area contributed by atoms with E-state index in [1.165, 1.54) is 94.6 Å². The molecule has 4 aliphatic rings. The summed E-state index contributed by atoms with van der Waals surface area (Å²) >= 11 is 0. The average Bonchev–Trinajstić information content (AvgIpc) is 3.77. The first kappa shape index (κ1) is 41.9. The molecule has 57 heavy (non-hydrogen) atoms. The monoisotopic (exact) mass is 800 g/mol. The van der Waals surface area contributed by atoms with Crippen LogP contribution in [0.3, 0.4) is 0 Å². The molecule has 1 amide bonds. The van der Waals surface area contributed by atoms with E-state index >= 15 is 0 Å². The Morgan fingerprint density at radius 1 is 0.895 bits per heavy atom. The second kappa shape index (κ2) is 19.2. The van der Waals surface area contributed by atoms with Gasteiger partial charge in [0.05, 0.1) is 43.5 Å². The number of carbonyl (C=O) groups is 1. The summed E-state index contributed by atoms with van der Waals surface area (Å²) in [5, 5.41) is 13.7. The quantitative estimate of drug-likeness (QED) is 0.157. The fourth-order valence-corrected chi connectivity index (χ4v) is 11.7. The van der Waals surface area contributed by atoms with Gasteiger partial charge in [-0.15, -0.1) is 0 Å². The highest BCUT2D eigenvalue weighted by molar-refractivity contribution is 6.76. The highest BCUT2D eigenvalue weighted by Gasteiger charge is 2.54. The minimum atomic E-state index is -1.27. The third-order valence-electron chi connectivity index (χ3n) is 14.4. The smallest absolute Gasteiger partial charge is 0.407 e. The van der Waals surface area contributed by atoms with Crippen molar-refractivity contribution in [3.8, 4) is 11.5 Å². The molecule has 7 rings (SSSR count). The second-order valence-electron chi connectivity index (χ2n) is 19.6. The molecule has 9 nitrogen and oxygen atoms in total. The Bertz CT molecular complexity index is 1750. The van der Waals surface area contributed by atoms with Gasteiger partial charge in [-0.3, -0.25) is 4.68 Å². The molecule has 0 bridgehead atoms. The van der Waals surface area contributed by atoms with E-state index in [4.69, 9.17) is 24.3 Å². The Morgan fingerprint density at radius 3 is 2.33 bits per heavy atom. The number of rotatable bonds is 14. The molecule has 314 valence electrons. The van der Waals surface area contributed by atoms with Crippen molar-refractivity contribution in [1.82, 2.24) is 20.1 Å². The topological polar surface area (TPSA) is 99.5 Å². The summed E-state index contributed by atoms with van der Waals surface area (Å²) in [6, 6.07) is 9.41. The number of alkyl carbamates (subject to hydrolysis) is 1. The molecule has 2 N–H and O–H groups in total. The number of carbonyl (C=O) groups excluding carboxylic acids is 1. The van der Waals surface area contributed by atoms with E-state index in [2.05, 4.69) is 54.0 Å². The maximum absolute atomic E-state index is 12.9. The van der Waals surface area contributed by atoms with Gasteiger partial charge in [0.15, 0.2) is 0 Å². The van der Waals surface area contributed by atoms with E-state index in [9.17, 15) is 4.79 Å². The number of hydrogen-bond acceptors (Lipinski definition) is 7. The standard InChI is InChI=1S/C47H73N5O4Si/c1-32(28-33-14-11-9-7-8-10-12-15-33)34-19-22-39-40(23-20-34)43(39)45-44-41(24-25-48-46(44)49-31-35-18-21-38(54-2)30-42(35)55-3)52(51-45)37-17-13-16-36(29-37)50-47(53)56-26-27-57(4,5)6/h18,21,24-25,30,32-34,36-37,39-40,43H,7-17,19-20,22-23,26-29,31H2,1-6H3,(H,48,49)(H,50,53)/t32?,34?,36-,37-,39?,40?,43?/m1/s1. The van der Waals surface area contributed by atoms with Crippen LogP contribution in [0.1, 0.15) is 139 Å². The molecule has 0 spiro atoms. The molecule has 3 unspecified atom stereocenters. The summed E-state index contributed by atoms with van der Waals surface area (Å²) in [4.78, 5) is 17.9. The van der Waals surface area contributed by atoms with Gasteiger partial charge in [-0.05, 0) is 112 Å². The molecule has 2 aromatic heterocycles. The minimum absolute atomic E-state index is 0.0746. The number of ether oxygens (including phenoxy) is 3. The van der Waals surface area contributed by atoms with Crippen LogP contribution in [0.25, 0.3) is 10.9 Å². The number of hydrogen-bond donors (Lipinski definition) is 2. The van der Waals surface area contributed by atoms with Crippen LogP contribution in [-0.2, 0) is 11.3 Å². The van der Waals surface area contributed by atoms with E-state index in [-0.39, 0.29) is 18.2 Å². The summed E-state index contributed by atoms with van der Waals surface area (Å²) in [7, 11) is 2.12. The lowest BCUT2D eigenvalue weighted by Gasteiger charge is -2.30. The summed E-state index contributed by atoms with van der Waals surface area (Å²) in [5.41, 5.74) is 3.43. The number of anilines is 1. The van der Waals surface area contributed by atoms with E-state index in [1.54, 1.807) is 14.2 Å². The SMILES string of the molecule is COc1ccc(CNc2nccc3c2c(C2C4CCC(C(C)CC5CCCCCCCC5)CCC42)nn3[C@@H]2CCC[C@@H](NC(=O)OCC[Si](C)(C)C)C2)c(OC)c1.